The largest absolute Gasteiger partial charge is 0.350 e. The first-order valence-corrected chi connectivity index (χ1v) is 7.64. The summed E-state index contributed by atoms with van der Waals surface area (Å²) in [5.41, 5.74) is 2.17. The van der Waals surface area contributed by atoms with Gasteiger partial charge in [-0.05, 0) is 42.9 Å². The molecule has 0 aromatic heterocycles. The molecular weight excluding hydrogens is 284 g/mol. The Morgan fingerprint density at radius 1 is 1.38 bits per heavy atom. The van der Waals surface area contributed by atoms with E-state index in [2.05, 4.69) is 31.4 Å². The fourth-order valence-electron chi connectivity index (χ4n) is 2.96. The van der Waals surface area contributed by atoms with Gasteiger partial charge in [0.2, 0.25) is 0 Å². The maximum absolute atomic E-state index is 12.3. The van der Waals surface area contributed by atoms with Crippen LogP contribution < -0.4 is 10.6 Å². The van der Waals surface area contributed by atoms with Crippen LogP contribution in [0.2, 0.25) is 0 Å². The minimum atomic E-state index is 0. The average Bonchev–Trinajstić information content (AvgIpc) is 2.45. The zero-order chi connectivity index (χ0) is 14.6. The molecule has 1 aliphatic heterocycles. The summed E-state index contributed by atoms with van der Waals surface area (Å²) in [5.74, 6) is 0.0469. The standard InChI is InChI=1S/C17H26N2O.ClH/c1-4-13-8-5-6-9-14(13)16(20)19-12-15-17(2,3)10-7-11-18-15;/h5-6,8-9,15,18H,4,7,10-12H2,1-3H3,(H,19,20);1H. The molecule has 2 N–H and O–H groups in total. The highest BCUT2D eigenvalue weighted by molar-refractivity contribution is 5.95. The van der Waals surface area contributed by atoms with Gasteiger partial charge >= 0.3 is 0 Å². The molecule has 21 heavy (non-hydrogen) atoms. The summed E-state index contributed by atoms with van der Waals surface area (Å²) in [4.78, 5) is 12.3. The molecule has 118 valence electrons. The molecule has 1 atom stereocenters. The van der Waals surface area contributed by atoms with Crippen molar-refractivity contribution in [1.29, 1.82) is 0 Å². The van der Waals surface area contributed by atoms with E-state index in [0.717, 1.165) is 24.1 Å². The molecule has 4 heteroatoms. The monoisotopic (exact) mass is 310 g/mol. The van der Waals surface area contributed by atoms with E-state index in [1.54, 1.807) is 0 Å². The average molecular weight is 311 g/mol. The lowest BCUT2D eigenvalue weighted by molar-refractivity contribution is 0.0928. The molecule has 1 amide bonds. The quantitative estimate of drug-likeness (QED) is 0.897. The van der Waals surface area contributed by atoms with E-state index in [4.69, 9.17) is 0 Å². The maximum atomic E-state index is 12.3. The number of carbonyl (C=O) groups excluding carboxylic acids is 1. The second-order valence-corrected chi connectivity index (χ2v) is 6.32. The van der Waals surface area contributed by atoms with Crippen molar-refractivity contribution in [3.63, 3.8) is 0 Å². The van der Waals surface area contributed by atoms with Gasteiger partial charge in [-0.15, -0.1) is 12.4 Å². The van der Waals surface area contributed by atoms with Crippen LogP contribution in [-0.4, -0.2) is 25.0 Å². The Morgan fingerprint density at radius 3 is 2.76 bits per heavy atom. The van der Waals surface area contributed by atoms with Crippen LogP contribution in [0.25, 0.3) is 0 Å². The fourth-order valence-corrected chi connectivity index (χ4v) is 2.96. The van der Waals surface area contributed by atoms with Crippen LogP contribution in [0.1, 0.15) is 49.5 Å². The molecule has 1 aliphatic rings. The third kappa shape index (κ3) is 4.45. The van der Waals surface area contributed by atoms with E-state index in [-0.39, 0.29) is 23.7 Å². The van der Waals surface area contributed by atoms with E-state index < -0.39 is 0 Å². The first-order chi connectivity index (χ1) is 9.54. The Hall–Kier alpha value is -1.06. The first-order valence-electron chi connectivity index (χ1n) is 7.64. The van der Waals surface area contributed by atoms with Crippen molar-refractivity contribution in [3.05, 3.63) is 35.4 Å². The second kappa shape index (κ2) is 7.81. The van der Waals surface area contributed by atoms with Crippen LogP contribution in [-0.2, 0) is 6.42 Å². The Balaban J connectivity index is 0.00000220. The number of halogens is 1. The number of hydrogen-bond acceptors (Lipinski definition) is 2. The SMILES string of the molecule is CCc1ccccc1C(=O)NCC1NCCCC1(C)C.Cl. The van der Waals surface area contributed by atoms with Crippen molar-refractivity contribution in [3.8, 4) is 0 Å². The summed E-state index contributed by atoms with van der Waals surface area (Å²) in [6, 6.07) is 8.21. The zero-order valence-electron chi connectivity index (χ0n) is 13.2. The lowest BCUT2D eigenvalue weighted by atomic mass is 9.77. The van der Waals surface area contributed by atoms with Crippen LogP contribution in [0.4, 0.5) is 0 Å². The van der Waals surface area contributed by atoms with Crippen LogP contribution in [0, 0.1) is 5.41 Å². The lowest BCUT2D eigenvalue weighted by Crippen LogP contribution is -2.52. The van der Waals surface area contributed by atoms with Crippen molar-refractivity contribution < 1.29 is 4.79 Å². The van der Waals surface area contributed by atoms with Crippen molar-refractivity contribution in [1.82, 2.24) is 10.6 Å². The van der Waals surface area contributed by atoms with Crippen LogP contribution in [0.5, 0.6) is 0 Å². The van der Waals surface area contributed by atoms with Gasteiger partial charge in [-0.1, -0.05) is 39.0 Å². The molecule has 1 fully saturated rings. The predicted molar refractivity (Wildman–Crippen MR) is 90.2 cm³/mol. The highest BCUT2D eigenvalue weighted by Gasteiger charge is 2.32. The normalized spacial score (nSPS) is 20.4. The lowest BCUT2D eigenvalue weighted by Gasteiger charge is -2.39. The molecule has 0 spiro atoms. The third-order valence-electron chi connectivity index (χ3n) is 4.44. The van der Waals surface area contributed by atoms with Crippen molar-refractivity contribution in [2.45, 2.75) is 46.1 Å². The van der Waals surface area contributed by atoms with Crippen LogP contribution in [0.15, 0.2) is 24.3 Å². The molecule has 2 rings (SSSR count). The van der Waals surface area contributed by atoms with Gasteiger partial charge in [-0.2, -0.15) is 0 Å². The molecule has 1 aromatic carbocycles. The van der Waals surface area contributed by atoms with E-state index >= 15 is 0 Å². The molecule has 1 unspecified atom stereocenters. The van der Waals surface area contributed by atoms with E-state index in [1.807, 2.05) is 24.3 Å². The molecule has 1 aromatic rings. The second-order valence-electron chi connectivity index (χ2n) is 6.32. The smallest absolute Gasteiger partial charge is 0.251 e. The van der Waals surface area contributed by atoms with Crippen molar-refractivity contribution in [2.24, 2.45) is 5.41 Å². The zero-order valence-corrected chi connectivity index (χ0v) is 14.1. The number of benzene rings is 1. The van der Waals surface area contributed by atoms with Crippen LogP contribution >= 0.6 is 12.4 Å². The molecule has 0 aliphatic carbocycles. The summed E-state index contributed by atoms with van der Waals surface area (Å²) in [5, 5.41) is 6.63. The van der Waals surface area contributed by atoms with Gasteiger partial charge < -0.3 is 10.6 Å². The number of piperidine rings is 1. The number of hydrogen-bond donors (Lipinski definition) is 2. The minimum absolute atomic E-state index is 0. The Morgan fingerprint density at radius 2 is 2.10 bits per heavy atom. The van der Waals surface area contributed by atoms with E-state index in [1.165, 1.54) is 12.8 Å². The number of amides is 1. The summed E-state index contributed by atoms with van der Waals surface area (Å²) in [7, 11) is 0. The van der Waals surface area contributed by atoms with Gasteiger partial charge in [0.25, 0.3) is 5.91 Å². The summed E-state index contributed by atoms with van der Waals surface area (Å²) in [6.45, 7) is 8.38. The van der Waals surface area contributed by atoms with Gasteiger partial charge in [0.05, 0.1) is 0 Å². The number of rotatable bonds is 4. The van der Waals surface area contributed by atoms with Gasteiger partial charge in [0, 0.05) is 18.2 Å². The van der Waals surface area contributed by atoms with Crippen molar-refractivity contribution >= 4 is 18.3 Å². The van der Waals surface area contributed by atoms with Gasteiger partial charge in [-0.25, -0.2) is 0 Å². The third-order valence-corrected chi connectivity index (χ3v) is 4.44. The summed E-state index contributed by atoms with van der Waals surface area (Å²) < 4.78 is 0. The fraction of sp³-hybridized carbons (Fsp3) is 0.588. The predicted octanol–water partition coefficient (Wildman–Crippen LogP) is 3.18. The molecule has 3 nitrogen and oxygen atoms in total. The molecular formula is C17H27ClN2O. The highest BCUT2D eigenvalue weighted by atomic mass is 35.5. The van der Waals surface area contributed by atoms with Crippen LogP contribution in [0.3, 0.4) is 0 Å². The van der Waals surface area contributed by atoms with Crippen molar-refractivity contribution in [2.75, 3.05) is 13.1 Å². The maximum Gasteiger partial charge on any atom is 0.251 e. The first kappa shape index (κ1) is 18.0. The Kier molecular flexibility index (Phi) is 6.69. The van der Waals surface area contributed by atoms with Gasteiger partial charge in [0.1, 0.15) is 0 Å². The number of aryl methyl sites for hydroxylation is 1. The number of nitrogens with one attached hydrogen (secondary N) is 2. The van der Waals surface area contributed by atoms with E-state index in [0.29, 0.717) is 12.6 Å². The highest BCUT2D eigenvalue weighted by Crippen LogP contribution is 2.29. The molecule has 0 bridgehead atoms. The summed E-state index contributed by atoms with van der Waals surface area (Å²) >= 11 is 0. The molecule has 1 heterocycles. The Labute approximate surface area is 134 Å². The van der Waals surface area contributed by atoms with E-state index in [9.17, 15) is 4.79 Å². The van der Waals surface area contributed by atoms with Gasteiger partial charge in [0.15, 0.2) is 0 Å². The molecule has 0 saturated carbocycles. The summed E-state index contributed by atoms with van der Waals surface area (Å²) in [6.07, 6.45) is 3.32. The van der Waals surface area contributed by atoms with Gasteiger partial charge in [-0.3, -0.25) is 4.79 Å². The number of carbonyl (C=O) groups is 1. The minimum Gasteiger partial charge on any atom is -0.350 e. The topological polar surface area (TPSA) is 41.1 Å². The molecule has 0 radical (unpaired) electrons. The molecule has 1 saturated heterocycles. The Bertz CT molecular complexity index is 474.